The normalized spacial score (nSPS) is 12.0. The molecule has 0 aliphatic heterocycles. The molecule has 0 aliphatic rings. The molecule has 1 atom stereocenters. The van der Waals surface area contributed by atoms with Crippen molar-refractivity contribution in [2.24, 2.45) is 0 Å². The van der Waals surface area contributed by atoms with Crippen molar-refractivity contribution in [1.82, 2.24) is 5.32 Å². The van der Waals surface area contributed by atoms with Crippen LogP contribution in [0.2, 0.25) is 0 Å². The molecule has 28 heavy (non-hydrogen) atoms. The van der Waals surface area contributed by atoms with E-state index in [0.29, 0.717) is 6.42 Å². The summed E-state index contributed by atoms with van der Waals surface area (Å²) in [6.45, 7) is 6.35. The molecule has 1 N–H and O–H groups in total. The maximum absolute atomic E-state index is 13.0. The Morgan fingerprint density at radius 2 is 1.36 bits per heavy atom. The Hall–Kier alpha value is -2.87. The van der Waals surface area contributed by atoms with Crippen molar-refractivity contribution in [1.29, 1.82) is 0 Å². The first-order valence-corrected chi connectivity index (χ1v) is 10.0. The van der Waals surface area contributed by atoms with E-state index in [2.05, 4.69) is 68.6 Å². The summed E-state index contributed by atoms with van der Waals surface area (Å²) in [6, 6.07) is 27.1. The molecule has 0 unspecified atom stereocenters. The van der Waals surface area contributed by atoms with Crippen LogP contribution >= 0.6 is 0 Å². The lowest BCUT2D eigenvalue weighted by atomic mass is 9.88. The van der Waals surface area contributed by atoms with Crippen molar-refractivity contribution in [3.8, 4) is 0 Å². The number of hydrogen-bond donors (Lipinski definition) is 1. The number of amides is 1. The third kappa shape index (κ3) is 4.89. The van der Waals surface area contributed by atoms with E-state index in [1.54, 1.807) is 0 Å². The molecule has 0 saturated carbocycles. The highest BCUT2D eigenvalue weighted by Gasteiger charge is 2.20. The van der Waals surface area contributed by atoms with E-state index in [-0.39, 0.29) is 17.9 Å². The second-order valence-corrected chi connectivity index (χ2v) is 7.45. The summed E-state index contributed by atoms with van der Waals surface area (Å²) in [6.07, 6.45) is 1.31. The highest BCUT2D eigenvalue weighted by atomic mass is 16.1. The molecule has 0 aromatic heterocycles. The van der Waals surface area contributed by atoms with E-state index in [4.69, 9.17) is 0 Å². The highest BCUT2D eigenvalue weighted by Crippen LogP contribution is 2.28. The van der Waals surface area contributed by atoms with Crippen molar-refractivity contribution in [3.05, 3.63) is 107 Å². The van der Waals surface area contributed by atoms with Crippen molar-refractivity contribution in [2.75, 3.05) is 0 Å². The van der Waals surface area contributed by atoms with E-state index in [1.165, 1.54) is 27.8 Å². The number of rotatable bonds is 7. The molecule has 0 spiro atoms. The molecular weight excluding hydrogens is 342 g/mol. The zero-order chi connectivity index (χ0) is 19.9. The Morgan fingerprint density at radius 3 is 1.86 bits per heavy atom. The molecule has 0 radical (unpaired) electrons. The molecule has 0 saturated heterocycles. The minimum atomic E-state index is 0.0407. The van der Waals surface area contributed by atoms with Gasteiger partial charge in [-0.1, -0.05) is 85.8 Å². The van der Waals surface area contributed by atoms with Gasteiger partial charge in [-0.05, 0) is 48.1 Å². The lowest BCUT2D eigenvalue weighted by Crippen LogP contribution is -2.29. The van der Waals surface area contributed by atoms with Crippen LogP contribution in [0.5, 0.6) is 0 Å². The van der Waals surface area contributed by atoms with Crippen LogP contribution in [0.3, 0.4) is 0 Å². The van der Waals surface area contributed by atoms with Crippen LogP contribution < -0.4 is 5.32 Å². The number of benzene rings is 3. The van der Waals surface area contributed by atoms with Gasteiger partial charge < -0.3 is 5.32 Å². The van der Waals surface area contributed by atoms with Gasteiger partial charge in [0.1, 0.15) is 0 Å². The first-order chi connectivity index (χ1) is 13.6. The smallest absolute Gasteiger partial charge is 0.221 e. The van der Waals surface area contributed by atoms with E-state index < -0.39 is 0 Å². The molecule has 1 amide bonds. The van der Waals surface area contributed by atoms with Crippen molar-refractivity contribution in [3.63, 3.8) is 0 Å². The quantitative estimate of drug-likeness (QED) is 0.535. The number of carbonyl (C=O) groups excluding carboxylic acids is 1. The Labute approximate surface area is 168 Å². The summed E-state index contributed by atoms with van der Waals surface area (Å²) in [7, 11) is 0. The van der Waals surface area contributed by atoms with Crippen molar-refractivity contribution >= 4 is 5.91 Å². The SMILES string of the molecule is CC[C@@H](NC(=O)CC(c1ccccc1)c1ccccc1)c1ccc(C)c(C)c1. The minimum Gasteiger partial charge on any atom is -0.349 e. The summed E-state index contributed by atoms with van der Waals surface area (Å²) >= 11 is 0. The number of aryl methyl sites for hydroxylation is 2. The van der Waals surface area contributed by atoms with Gasteiger partial charge in [-0.25, -0.2) is 0 Å². The van der Waals surface area contributed by atoms with E-state index in [0.717, 1.165) is 6.42 Å². The van der Waals surface area contributed by atoms with Crippen LogP contribution in [-0.4, -0.2) is 5.91 Å². The van der Waals surface area contributed by atoms with E-state index in [9.17, 15) is 4.79 Å². The first kappa shape index (κ1) is 19.9. The zero-order valence-electron chi connectivity index (χ0n) is 17.0. The van der Waals surface area contributed by atoms with E-state index >= 15 is 0 Å². The largest absolute Gasteiger partial charge is 0.349 e. The van der Waals surface area contributed by atoms with Gasteiger partial charge in [0, 0.05) is 12.3 Å². The molecule has 0 bridgehead atoms. The van der Waals surface area contributed by atoms with Gasteiger partial charge in [-0.15, -0.1) is 0 Å². The molecule has 2 nitrogen and oxygen atoms in total. The second-order valence-electron chi connectivity index (χ2n) is 7.45. The fourth-order valence-electron chi connectivity index (χ4n) is 3.64. The van der Waals surface area contributed by atoms with Gasteiger partial charge in [0.25, 0.3) is 0 Å². The summed E-state index contributed by atoms with van der Waals surface area (Å²) < 4.78 is 0. The Morgan fingerprint density at radius 1 is 0.786 bits per heavy atom. The Balaban J connectivity index is 1.78. The number of carbonyl (C=O) groups is 1. The van der Waals surface area contributed by atoms with Crippen LogP contribution in [0.4, 0.5) is 0 Å². The monoisotopic (exact) mass is 371 g/mol. The van der Waals surface area contributed by atoms with Crippen molar-refractivity contribution in [2.45, 2.75) is 45.6 Å². The van der Waals surface area contributed by atoms with Gasteiger partial charge >= 0.3 is 0 Å². The predicted molar refractivity (Wildman–Crippen MR) is 116 cm³/mol. The first-order valence-electron chi connectivity index (χ1n) is 10.0. The molecule has 0 heterocycles. The second kappa shape index (κ2) is 9.36. The average Bonchev–Trinajstić information content (AvgIpc) is 2.73. The van der Waals surface area contributed by atoms with Crippen LogP contribution in [0, 0.1) is 13.8 Å². The fraction of sp³-hybridized carbons (Fsp3) is 0.269. The van der Waals surface area contributed by atoms with Gasteiger partial charge in [0.2, 0.25) is 5.91 Å². The van der Waals surface area contributed by atoms with Gasteiger partial charge in [0.15, 0.2) is 0 Å². The van der Waals surface area contributed by atoms with Gasteiger partial charge in [0.05, 0.1) is 6.04 Å². The molecule has 3 aromatic carbocycles. The summed E-state index contributed by atoms with van der Waals surface area (Å²) in [5.41, 5.74) is 6.05. The van der Waals surface area contributed by atoms with Crippen LogP contribution in [0.1, 0.15) is 59.5 Å². The van der Waals surface area contributed by atoms with Gasteiger partial charge in [-0.3, -0.25) is 4.79 Å². The van der Waals surface area contributed by atoms with Gasteiger partial charge in [-0.2, -0.15) is 0 Å². The Kier molecular flexibility index (Phi) is 6.65. The zero-order valence-corrected chi connectivity index (χ0v) is 17.0. The van der Waals surface area contributed by atoms with Crippen LogP contribution in [0.25, 0.3) is 0 Å². The number of hydrogen-bond acceptors (Lipinski definition) is 1. The maximum atomic E-state index is 13.0. The van der Waals surface area contributed by atoms with Crippen LogP contribution in [-0.2, 0) is 4.79 Å². The third-order valence-corrected chi connectivity index (χ3v) is 5.47. The van der Waals surface area contributed by atoms with Crippen LogP contribution in [0.15, 0.2) is 78.9 Å². The summed E-state index contributed by atoms with van der Waals surface area (Å²) in [4.78, 5) is 13.0. The highest BCUT2D eigenvalue weighted by molar-refractivity contribution is 5.78. The molecular formula is C26H29NO. The molecule has 3 rings (SSSR count). The standard InChI is InChI=1S/C26H29NO/c1-4-25(23-16-15-19(2)20(3)17-23)27-26(28)18-24(21-11-7-5-8-12-21)22-13-9-6-10-14-22/h5-17,24-25H,4,18H2,1-3H3,(H,27,28)/t25-/m1/s1. The molecule has 144 valence electrons. The summed E-state index contributed by atoms with van der Waals surface area (Å²) in [5, 5.41) is 3.26. The lowest BCUT2D eigenvalue weighted by Gasteiger charge is -2.22. The fourth-order valence-corrected chi connectivity index (χ4v) is 3.64. The molecule has 0 aliphatic carbocycles. The van der Waals surface area contributed by atoms with E-state index in [1.807, 2.05) is 36.4 Å². The minimum absolute atomic E-state index is 0.0407. The maximum Gasteiger partial charge on any atom is 0.221 e. The van der Waals surface area contributed by atoms with Crippen molar-refractivity contribution < 1.29 is 4.79 Å². The lowest BCUT2D eigenvalue weighted by molar-refractivity contribution is -0.122. The topological polar surface area (TPSA) is 29.1 Å². The number of nitrogens with one attached hydrogen (secondary N) is 1. The molecule has 0 fully saturated rings. The predicted octanol–water partition coefficient (Wildman–Crippen LogP) is 6.09. The average molecular weight is 372 g/mol. The third-order valence-electron chi connectivity index (χ3n) is 5.47. The molecule has 3 aromatic rings. The Bertz CT molecular complexity index is 863. The molecule has 2 heteroatoms. The summed E-state index contributed by atoms with van der Waals surface area (Å²) in [5.74, 6) is 0.141.